The van der Waals surface area contributed by atoms with Gasteiger partial charge in [0.1, 0.15) is 5.38 Å². The third kappa shape index (κ3) is 2.79. The molecule has 4 atom stereocenters. The molecule has 3 heteroatoms. The van der Waals surface area contributed by atoms with Crippen LogP contribution in [-0.4, -0.2) is 12.5 Å². The van der Waals surface area contributed by atoms with Crippen LogP contribution in [-0.2, 0) is 4.79 Å². The first-order valence-corrected chi connectivity index (χ1v) is 7.64. The number of alkyl halides is 1. The highest BCUT2D eigenvalue weighted by Gasteiger charge is 2.39. The Morgan fingerprint density at radius 1 is 1.26 bits per heavy atom. The molecule has 2 aliphatic carbocycles. The van der Waals surface area contributed by atoms with Crippen molar-refractivity contribution < 1.29 is 4.79 Å². The largest absolute Gasteiger partial charge is 0.354 e. The van der Waals surface area contributed by atoms with Gasteiger partial charge in [0.05, 0.1) is 0 Å². The van der Waals surface area contributed by atoms with Crippen LogP contribution in [0.1, 0.15) is 36.6 Å². The van der Waals surface area contributed by atoms with Crippen molar-refractivity contribution in [3.8, 4) is 0 Å². The minimum Gasteiger partial charge on any atom is -0.354 e. The summed E-state index contributed by atoms with van der Waals surface area (Å²) in [6, 6.07) is 9.55. The zero-order valence-electron chi connectivity index (χ0n) is 11.0. The van der Waals surface area contributed by atoms with Crippen molar-refractivity contribution in [3.05, 3.63) is 35.9 Å². The van der Waals surface area contributed by atoms with Gasteiger partial charge in [-0.1, -0.05) is 36.8 Å². The molecule has 0 aliphatic heterocycles. The van der Waals surface area contributed by atoms with Crippen LogP contribution >= 0.6 is 11.6 Å². The fourth-order valence-electron chi connectivity index (χ4n) is 3.72. The van der Waals surface area contributed by atoms with E-state index in [1.807, 2.05) is 30.3 Å². The summed E-state index contributed by atoms with van der Waals surface area (Å²) >= 11 is 6.21. The fourth-order valence-corrected chi connectivity index (χ4v) is 3.94. The van der Waals surface area contributed by atoms with E-state index in [0.29, 0.717) is 5.92 Å². The van der Waals surface area contributed by atoms with E-state index < -0.39 is 5.38 Å². The lowest BCUT2D eigenvalue weighted by molar-refractivity contribution is -0.121. The van der Waals surface area contributed by atoms with Crippen LogP contribution in [0, 0.1) is 17.8 Å². The van der Waals surface area contributed by atoms with E-state index in [9.17, 15) is 4.79 Å². The monoisotopic (exact) mass is 277 g/mol. The SMILES string of the molecule is O=C(NCC1CC2CCC1C2)C(Cl)c1ccccc1. The second-order valence-corrected chi connectivity index (χ2v) is 6.39. The van der Waals surface area contributed by atoms with Gasteiger partial charge in [0.15, 0.2) is 0 Å². The Labute approximate surface area is 119 Å². The molecule has 1 amide bonds. The quantitative estimate of drug-likeness (QED) is 0.839. The Morgan fingerprint density at radius 3 is 2.68 bits per heavy atom. The van der Waals surface area contributed by atoms with Crippen LogP contribution in [0.5, 0.6) is 0 Å². The number of hydrogen-bond donors (Lipinski definition) is 1. The maximum Gasteiger partial charge on any atom is 0.242 e. The summed E-state index contributed by atoms with van der Waals surface area (Å²) in [5.74, 6) is 2.39. The van der Waals surface area contributed by atoms with Gasteiger partial charge in [0.2, 0.25) is 5.91 Å². The van der Waals surface area contributed by atoms with E-state index in [2.05, 4.69) is 5.32 Å². The first kappa shape index (κ1) is 13.0. The maximum absolute atomic E-state index is 12.1. The van der Waals surface area contributed by atoms with Crippen molar-refractivity contribution in [2.24, 2.45) is 17.8 Å². The van der Waals surface area contributed by atoms with Crippen LogP contribution in [0.4, 0.5) is 0 Å². The molecule has 1 aromatic rings. The summed E-state index contributed by atoms with van der Waals surface area (Å²) in [6.45, 7) is 0.802. The Balaban J connectivity index is 1.51. The lowest BCUT2D eigenvalue weighted by Crippen LogP contribution is -2.33. The third-order valence-corrected chi connectivity index (χ3v) is 5.20. The normalized spacial score (nSPS) is 30.3. The second kappa shape index (κ2) is 5.54. The molecular formula is C16H20ClNO. The van der Waals surface area contributed by atoms with E-state index in [0.717, 1.165) is 23.9 Å². The molecule has 19 heavy (non-hydrogen) atoms. The van der Waals surface area contributed by atoms with Crippen molar-refractivity contribution in [2.75, 3.05) is 6.54 Å². The molecular weight excluding hydrogens is 258 g/mol. The van der Waals surface area contributed by atoms with Crippen LogP contribution in [0.15, 0.2) is 30.3 Å². The first-order valence-electron chi connectivity index (χ1n) is 7.21. The van der Waals surface area contributed by atoms with Crippen molar-refractivity contribution in [2.45, 2.75) is 31.1 Å². The molecule has 102 valence electrons. The van der Waals surface area contributed by atoms with Crippen LogP contribution in [0.25, 0.3) is 0 Å². The summed E-state index contributed by atoms with van der Waals surface area (Å²) in [4.78, 5) is 12.1. The zero-order chi connectivity index (χ0) is 13.2. The van der Waals surface area contributed by atoms with E-state index in [-0.39, 0.29) is 5.91 Å². The number of carbonyl (C=O) groups excluding carboxylic acids is 1. The van der Waals surface area contributed by atoms with Gasteiger partial charge < -0.3 is 5.32 Å². The van der Waals surface area contributed by atoms with Gasteiger partial charge in [0, 0.05) is 6.54 Å². The molecule has 2 aliphatic rings. The molecule has 2 bridgehead atoms. The average Bonchev–Trinajstić information content (AvgIpc) is 3.07. The van der Waals surface area contributed by atoms with Gasteiger partial charge in [-0.15, -0.1) is 11.6 Å². The smallest absolute Gasteiger partial charge is 0.242 e. The number of rotatable bonds is 4. The minimum absolute atomic E-state index is 0.0596. The number of halogens is 1. The number of hydrogen-bond acceptors (Lipinski definition) is 1. The number of amides is 1. The van der Waals surface area contributed by atoms with Crippen LogP contribution < -0.4 is 5.32 Å². The van der Waals surface area contributed by atoms with E-state index >= 15 is 0 Å². The third-order valence-electron chi connectivity index (χ3n) is 4.75. The summed E-state index contributed by atoms with van der Waals surface area (Å²) in [6.07, 6.45) is 5.43. The highest BCUT2D eigenvalue weighted by Crippen LogP contribution is 2.47. The second-order valence-electron chi connectivity index (χ2n) is 5.95. The molecule has 2 saturated carbocycles. The molecule has 0 heterocycles. The van der Waals surface area contributed by atoms with Gasteiger partial charge in [-0.05, 0) is 42.6 Å². The minimum atomic E-state index is -0.570. The Bertz CT molecular complexity index is 447. The number of fused-ring (bicyclic) bond motifs is 2. The molecule has 4 unspecified atom stereocenters. The molecule has 0 radical (unpaired) electrons. The maximum atomic E-state index is 12.1. The topological polar surface area (TPSA) is 29.1 Å². The van der Waals surface area contributed by atoms with Crippen LogP contribution in [0.3, 0.4) is 0 Å². The highest BCUT2D eigenvalue weighted by atomic mass is 35.5. The molecule has 0 spiro atoms. The van der Waals surface area contributed by atoms with Crippen LogP contribution in [0.2, 0.25) is 0 Å². The predicted molar refractivity (Wildman–Crippen MR) is 77.0 cm³/mol. The Hall–Kier alpha value is -1.02. The van der Waals surface area contributed by atoms with Crippen molar-refractivity contribution in [1.29, 1.82) is 0 Å². The average molecular weight is 278 g/mol. The predicted octanol–water partition coefficient (Wildman–Crippen LogP) is 3.52. The van der Waals surface area contributed by atoms with Crippen molar-refractivity contribution in [3.63, 3.8) is 0 Å². The van der Waals surface area contributed by atoms with Crippen molar-refractivity contribution >= 4 is 17.5 Å². The lowest BCUT2D eigenvalue weighted by atomic mass is 9.89. The lowest BCUT2D eigenvalue weighted by Gasteiger charge is -2.22. The van der Waals surface area contributed by atoms with Gasteiger partial charge in [-0.3, -0.25) is 4.79 Å². The summed E-state index contributed by atoms with van der Waals surface area (Å²) in [5.41, 5.74) is 0.870. The highest BCUT2D eigenvalue weighted by molar-refractivity contribution is 6.30. The fraction of sp³-hybridized carbons (Fsp3) is 0.562. The molecule has 2 nitrogen and oxygen atoms in total. The summed E-state index contributed by atoms with van der Waals surface area (Å²) < 4.78 is 0. The number of benzene rings is 1. The van der Waals surface area contributed by atoms with E-state index in [1.165, 1.54) is 25.7 Å². The first-order chi connectivity index (χ1) is 9.24. The van der Waals surface area contributed by atoms with Crippen molar-refractivity contribution in [1.82, 2.24) is 5.32 Å². The Morgan fingerprint density at radius 2 is 2.05 bits per heavy atom. The summed E-state index contributed by atoms with van der Waals surface area (Å²) in [5, 5.41) is 2.47. The molecule has 0 saturated heterocycles. The van der Waals surface area contributed by atoms with Gasteiger partial charge in [0.25, 0.3) is 0 Å². The van der Waals surface area contributed by atoms with Gasteiger partial charge >= 0.3 is 0 Å². The molecule has 1 N–H and O–H groups in total. The van der Waals surface area contributed by atoms with Gasteiger partial charge in [-0.2, -0.15) is 0 Å². The molecule has 1 aromatic carbocycles. The summed E-state index contributed by atoms with van der Waals surface area (Å²) in [7, 11) is 0. The van der Waals surface area contributed by atoms with Gasteiger partial charge in [-0.25, -0.2) is 0 Å². The molecule has 0 aromatic heterocycles. The number of carbonyl (C=O) groups is 1. The van der Waals surface area contributed by atoms with E-state index in [4.69, 9.17) is 11.6 Å². The zero-order valence-corrected chi connectivity index (χ0v) is 11.8. The van der Waals surface area contributed by atoms with E-state index in [1.54, 1.807) is 0 Å². The molecule has 2 fully saturated rings. The number of nitrogens with one attached hydrogen (secondary N) is 1. The Kier molecular flexibility index (Phi) is 3.79. The molecule has 3 rings (SSSR count). The standard InChI is InChI=1S/C16H20ClNO/c17-15(12-4-2-1-3-5-12)16(19)18-10-14-9-11-6-7-13(14)8-11/h1-5,11,13-15H,6-10H2,(H,18,19).